The van der Waals surface area contributed by atoms with Crippen LogP contribution in [0.3, 0.4) is 0 Å². The molecule has 0 aliphatic rings. The summed E-state index contributed by atoms with van der Waals surface area (Å²) >= 11 is 0. The number of hydrogen-bond acceptors (Lipinski definition) is 5. The highest BCUT2D eigenvalue weighted by atomic mass is 15.4. The van der Waals surface area contributed by atoms with Crippen molar-refractivity contribution in [2.24, 2.45) is 0 Å². The van der Waals surface area contributed by atoms with Crippen molar-refractivity contribution in [3.63, 3.8) is 0 Å². The Labute approximate surface area is 139 Å². The number of hydrogen-bond donors (Lipinski definition) is 2. The van der Waals surface area contributed by atoms with Crippen molar-refractivity contribution in [3.05, 3.63) is 66.2 Å². The summed E-state index contributed by atoms with van der Waals surface area (Å²) in [5.74, 6) is 0.736. The van der Waals surface area contributed by atoms with Crippen molar-refractivity contribution in [3.8, 4) is 11.3 Å². The van der Waals surface area contributed by atoms with Gasteiger partial charge in [-0.2, -0.15) is 19.6 Å². The lowest BCUT2D eigenvalue weighted by Crippen LogP contribution is -2.07. The molecule has 0 saturated heterocycles. The van der Waals surface area contributed by atoms with Crippen LogP contribution < -0.4 is 11.1 Å². The van der Waals surface area contributed by atoms with E-state index < -0.39 is 0 Å². The third-order valence-corrected chi connectivity index (χ3v) is 3.72. The lowest BCUT2D eigenvalue weighted by molar-refractivity contribution is 0.912. The predicted molar refractivity (Wildman–Crippen MR) is 95.1 cm³/mol. The second kappa shape index (κ2) is 5.66. The lowest BCUT2D eigenvalue weighted by atomic mass is 10.2. The molecule has 4 rings (SSSR count). The summed E-state index contributed by atoms with van der Waals surface area (Å²) in [5, 5.41) is 7.86. The Bertz CT molecular complexity index is 989. The molecule has 0 bridgehead atoms. The van der Waals surface area contributed by atoms with Gasteiger partial charge in [0.05, 0.1) is 5.69 Å². The van der Waals surface area contributed by atoms with E-state index in [1.165, 1.54) is 5.56 Å². The number of nitrogen functional groups attached to an aromatic ring is 1. The van der Waals surface area contributed by atoms with Crippen molar-refractivity contribution < 1.29 is 0 Å². The van der Waals surface area contributed by atoms with E-state index in [4.69, 9.17) is 5.73 Å². The van der Waals surface area contributed by atoms with E-state index in [2.05, 4.69) is 20.4 Å². The largest absolute Gasteiger partial charge is 0.368 e. The number of anilines is 3. The van der Waals surface area contributed by atoms with Crippen LogP contribution in [-0.2, 0) is 0 Å². The fourth-order valence-electron chi connectivity index (χ4n) is 2.50. The van der Waals surface area contributed by atoms with Gasteiger partial charge in [0.15, 0.2) is 5.65 Å². The maximum atomic E-state index is 5.85. The Kier molecular flexibility index (Phi) is 3.35. The van der Waals surface area contributed by atoms with E-state index in [-0.39, 0.29) is 5.95 Å². The summed E-state index contributed by atoms with van der Waals surface area (Å²) in [6, 6.07) is 19.9. The third kappa shape index (κ3) is 2.65. The van der Waals surface area contributed by atoms with Crippen LogP contribution in [0.5, 0.6) is 0 Å². The van der Waals surface area contributed by atoms with Crippen LogP contribution in [-0.4, -0.2) is 19.6 Å². The van der Waals surface area contributed by atoms with Crippen LogP contribution in [0.1, 0.15) is 5.56 Å². The Morgan fingerprint density at radius 1 is 0.958 bits per heavy atom. The molecule has 0 amide bonds. The molecule has 6 heteroatoms. The molecule has 3 N–H and O–H groups in total. The minimum Gasteiger partial charge on any atom is -0.368 e. The number of nitrogens with one attached hydrogen (secondary N) is 1. The van der Waals surface area contributed by atoms with Crippen LogP contribution in [0.15, 0.2) is 60.7 Å². The van der Waals surface area contributed by atoms with Crippen molar-refractivity contribution in [2.75, 3.05) is 11.1 Å². The molecule has 0 aliphatic carbocycles. The predicted octanol–water partition coefficient (Wildman–Crippen LogP) is 3.43. The fraction of sp³-hybridized carbons (Fsp3) is 0.0556. The van der Waals surface area contributed by atoms with Crippen molar-refractivity contribution in [2.45, 2.75) is 6.92 Å². The zero-order chi connectivity index (χ0) is 16.5. The molecule has 24 heavy (non-hydrogen) atoms. The maximum absolute atomic E-state index is 5.85. The summed E-state index contributed by atoms with van der Waals surface area (Å²) in [4.78, 5) is 8.55. The molecule has 0 radical (unpaired) electrons. The first-order chi connectivity index (χ1) is 11.7. The second-order valence-electron chi connectivity index (χ2n) is 5.56. The van der Waals surface area contributed by atoms with E-state index in [9.17, 15) is 0 Å². The van der Waals surface area contributed by atoms with Crippen molar-refractivity contribution in [1.29, 1.82) is 0 Å². The Balaban J connectivity index is 1.80. The molecule has 6 nitrogen and oxygen atoms in total. The minimum absolute atomic E-state index is 0.205. The van der Waals surface area contributed by atoms with Gasteiger partial charge in [0.1, 0.15) is 0 Å². The van der Waals surface area contributed by atoms with Crippen LogP contribution in [0.2, 0.25) is 0 Å². The molecule has 0 unspecified atom stereocenters. The first-order valence-electron chi connectivity index (χ1n) is 7.61. The number of benzene rings is 2. The summed E-state index contributed by atoms with van der Waals surface area (Å²) in [6.07, 6.45) is 0. The molecule has 2 aromatic heterocycles. The van der Waals surface area contributed by atoms with Gasteiger partial charge in [-0.25, -0.2) is 0 Å². The van der Waals surface area contributed by atoms with Crippen molar-refractivity contribution in [1.82, 2.24) is 19.6 Å². The number of nitrogens with two attached hydrogens (primary N) is 1. The normalized spacial score (nSPS) is 10.9. The third-order valence-electron chi connectivity index (χ3n) is 3.72. The van der Waals surface area contributed by atoms with E-state index >= 15 is 0 Å². The van der Waals surface area contributed by atoms with Crippen LogP contribution in [0.25, 0.3) is 16.9 Å². The quantitative estimate of drug-likeness (QED) is 0.605. The maximum Gasteiger partial charge on any atom is 0.233 e. The van der Waals surface area contributed by atoms with E-state index in [1.807, 2.05) is 67.6 Å². The first kappa shape index (κ1) is 14.2. The molecular weight excluding hydrogens is 300 g/mol. The lowest BCUT2D eigenvalue weighted by Gasteiger charge is -2.08. The number of fused-ring (bicyclic) bond motifs is 1. The van der Waals surface area contributed by atoms with Gasteiger partial charge in [0.2, 0.25) is 11.9 Å². The highest BCUT2D eigenvalue weighted by Gasteiger charge is 2.11. The molecule has 2 aromatic carbocycles. The Hall–Kier alpha value is -3.41. The molecule has 0 saturated carbocycles. The molecule has 0 aliphatic heterocycles. The average Bonchev–Trinajstić information content (AvgIpc) is 3.02. The Morgan fingerprint density at radius 3 is 2.46 bits per heavy atom. The average molecular weight is 316 g/mol. The highest BCUT2D eigenvalue weighted by Crippen LogP contribution is 2.22. The minimum atomic E-state index is 0.205. The van der Waals surface area contributed by atoms with Crippen LogP contribution in [0.4, 0.5) is 17.6 Å². The standard InChI is InChI=1S/C18H16N6/c1-12-7-9-14(10-8-12)20-18-22-17(19)21-16-11-15(23-24(16)18)13-5-3-2-4-6-13/h2-11H,1H3,(H3,19,20,21,22). The zero-order valence-corrected chi connectivity index (χ0v) is 13.1. The fourth-order valence-corrected chi connectivity index (χ4v) is 2.50. The van der Waals surface area contributed by atoms with Gasteiger partial charge in [-0.1, -0.05) is 48.0 Å². The summed E-state index contributed by atoms with van der Waals surface area (Å²) in [6.45, 7) is 2.05. The Morgan fingerprint density at radius 2 is 1.71 bits per heavy atom. The number of nitrogens with zero attached hydrogens (tertiary/aromatic N) is 4. The van der Waals surface area contributed by atoms with Gasteiger partial charge in [-0.3, -0.25) is 0 Å². The van der Waals surface area contributed by atoms with Gasteiger partial charge in [0, 0.05) is 17.3 Å². The summed E-state index contributed by atoms with van der Waals surface area (Å²) in [5.41, 5.74) is 10.4. The highest BCUT2D eigenvalue weighted by molar-refractivity contribution is 5.66. The smallest absolute Gasteiger partial charge is 0.233 e. The number of rotatable bonds is 3. The van der Waals surface area contributed by atoms with Gasteiger partial charge >= 0.3 is 0 Å². The monoisotopic (exact) mass is 316 g/mol. The van der Waals surface area contributed by atoms with Gasteiger partial charge in [0.25, 0.3) is 0 Å². The molecule has 118 valence electrons. The van der Waals surface area contributed by atoms with Gasteiger partial charge in [-0.15, -0.1) is 0 Å². The zero-order valence-electron chi connectivity index (χ0n) is 13.1. The molecule has 4 aromatic rings. The van der Waals surface area contributed by atoms with Crippen LogP contribution in [0, 0.1) is 6.92 Å². The topological polar surface area (TPSA) is 81.1 Å². The molecule has 0 fully saturated rings. The van der Waals surface area contributed by atoms with Gasteiger partial charge < -0.3 is 11.1 Å². The van der Waals surface area contributed by atoms with E-state index in [0.717, 1.165) is 16.9 Å². The summed E-state index contributed by atoms with van der Waals surface area (Å²) < 4.78 is 1.67. The van der Waals surface area contributed by atoms with Crippen LogP contribution >= 0.6 is 0 Å². The SMILES string of the molecule is Cc1ccc(Nc2nc(N)nc3cc(-c4ccccc4)nn23)cc1. The number of aryl methyl sites for hydroxylation is 1. The second-order valence-corrected chi connectivity index (χ2v) is 5.56. The van der Waals surface area contributed by atoms with Crippen molar-refractivity contribution >= 4 is 23.2 Å². The molecule has 0 atom stereocenters. The van der Waals surface area contributed by atoms with E-state index in [1.54, 1.807) is 4.52 Å². The summed E-state index contributed by atoms with van der Waals surface area (Å²) in [7, 11) is 0. The molecule has 2 heterocycles. The number of aromatic nitrogens is 4. The molecular formula is C18H16N6. The van der Waals surface area contributed by atoms with E-state index in [0.29, 0.717) is 11.6 Å². The first-order valence-corrected chi connectivity index (χ1v) is 7.61. The molecule has 0 spiro atoms. The van der Waals surface area contributed by atoms with Gasteiger partial charge in [-0.05, 0) is 19.1 Å².